The molecule has 1 N–H and O–H groups in total. The van der Waals surface area contributed by atoms with Crippen LogP contribution in [0.25, 0.3) is 0 Å². The van der Waals surface area contributed by atoms with Gasteiger partial charge in [-0.2, -0.15) is 0 Å². The van der Waals surface area contributed by atoms with E-state index in [1.165, 1.54) is 6.42 Å². The minimum Gasteiger partial charge on any atom is -0.376 e. The van der Waals surface area contributed by atoms with E-state index in [0.29, 0.717) is 24.8 Å². The van der Waals surface area contributed by atoms with Gasteiger partial charge in [0.2, 0.25) is 0 Å². The smallest absolute Gasteiger partial charge is 0.251 e. The van der Waals surface area contributed by atoms with Crippen LogP contribution in [0.15, 0.2) is 36.4 Å². The highest BCUT2D eigenvalue weighted by Crippen LogP contribution is 2.15. The van der Waals surface area contributed by atoms with E-state index in [4.69, 9.17) is 4.74 Å². The topological polar surface area (TPSA) is 38.3 Å². The number of hydrogen-bond acceptors (Lipinski definition) is 2. The molecule has 4 heteroatoms. The molecule has 0 bridgehead atoms. The van der Waals surface area contributed by atoms with E-state index in [2.05, 4.69) is 40.1 Å². The molecular weight excluding hydrogens is 374 g/mol. The van der Waals surface area contributed by atoms with E-state index in [-0.39, 0.29) is 5.91 Å². The van der Waals surface area contributed by atoms with Crippen LogP contribution in [0.4, 0.5) is 0 Å². The van der Waals surface area contributed by atoms with Gasteiger partial charge in [0.25, 0.3) is 5.91 Å². The lowest BCUT2D eigenvalue weighted by atomic mass is 10.0. The third-order valence-corrected chi connectivity index (χ3v) is 4.22. The van der Waals surface area contributed by atoms with Gasteiger partial charge in [0.1, 0.15) is 0 Å². The Balaban J connectivity index is 1.67. The molecule has 21 heavy (non-hydrogen) atoms. The summed E-state index contributed by atoms with van der Waals surface area (Å²) < 4.78 is 6.95. The molecule has 0 radical (unpaired) electrons. The van der Waals surface area contributed by atoms with Crippen molar-refractivity contribution in [2.24, 2.45) is 0 Å². The molecule has 1 aliphatic carbocycles. The maximum atomic E-state index is 12.0. The molecule has 0 aliphatic heterocycles. The number of halogens is 1. The first-order valence-electron chi connectivity index (χ1n) is 7.56. The summed E-state index contributed by atoms with van der Waals surface area (Å²) in [7, 11) is 0. The second kappa shape index (κ2) is 9.20. The molecule has 1 atom stereocenters. The lowest BCUT2D eigenvalue weighted by Crippen LogP contribution is -2.29. The number of amides is 1. The molecule has 1 aromatic carbocycles. The third-order valence-electron chi connectivity index (χ3n) is 3.55. The van der Waals surface area contributed by atoms with Gasteiger partial charge in [-0.1, -0.05) is 18.2 Å². The molecule has 1 aromatic rings. The van der Waals surface area contributed by atoms with Gasteiger partial charge in [-0.3, -0.25) is 4.79 Å². The maximum absolute atomic E-state index is 12.0. The van der Waals surface area contributed by atoms with Gasteiger partial charge in [-0.15, -0.1) is 0 Å². The van der Waals surface area contributed by atoms with Crippen molar-refractivity contribution in [3.05, 3.63) is 45.6 Å². The van der Waals surface area contributed by atoms with Crippen molar-refractivity contribution in [2.45, 2.75) is 38.2 Å². The number of hydrogen-bond donors (Lipinski definition) is 1. The van der Waals surface area contributed by atoms with Crippen molar-refractivity contribution in [3.8, 4) is 0 Å². The van der Waals surface area contributed by atoms with Crippen molar-refractivity contribution < 1.29 is 9.53 Å². The van der Waals surface area contributed by atoms with E-state index in [0.717, 1.165) is 29.3 Å². The summed E-state index contributed by atoms with van der Waals surface area (Å²) in [5.74, 6) is -0.0299. The predicted molar refractivity (Wildman–Crippen MR) is 93.5 cm³/mol. The minimum absolute atomic E-state index is 0.0299. The molecule has 2 rings (SSSR count). The molecule has 0 saturated heterocycles. The molecular formula is C17H22INO2. The van der Waals surface area contributed by atoms with Gasteiger partial charge in [0, 0.05) is 15.7 Å². The van der Waals surface area contributed by atoms with Gasteiger partial charge in [0.05, 0.1) is 12.7 Å². The number of rotatable bonds is 5. The highest BCUT2D eigenvalue weighted by molar-refractivity contribution is 14.1. The Labute approximate surface area is 140 Å². The summed E-state index contributed by atoms with van der Waals surface area (Å²) in [4.78, 5) is 12.0. The third kappa shape index (κ3) is 6.18. The normalized spacial score (nSPS) is 18.8. The maximum Gasteiger partial charge on any atom is 0.251 e. The van der Waals surface area contributed by atoms with Crippen molar-refractivity contribution >= 4 is 28.5 Å². The van der Waals surface area contributed by atoms with Crippen LogP contribution in [-0.2, 0) is 4.74 Å². The molecule has 0 saturated carbocycles. The van der Waals surface area contributed by atoms with E-state index in [9.17, 15) is 4.79 Å². The molecule has 1 unspecified atom stereocenters. The molecule has 0 heterocycles. The second-order valence-electron chi connectivity index (χ2n) is 5.24. The summed E-state index contributed by atoms with van der Waals surface area (Å²) in [6.07, 6.45) is 10.5. The van der Waals surface area contributed by atoms with Gasteiger partial charge >= 0.3 is 0 Å². The monoisotopic (exact) mass is 396 g/mol. The predicted octanol–water partition coefficient (Wildman–Crippen LogP) is 3.93. The number of nitrogens with one attached hydrogen (secondary N) is 1. The highest BCUT2D eigenvalue weighted by atomic mass is 124. The van der Waals surface area contributed by atoms with E-state index in [1.54, 1.807) is 0 Å². The van der Waals surface area contributed by atoms with Crippen LogP contribution in [0.1, 0.15) is 42.5 Å². The van der Waals surface area contributed by atoms with Crippen LogP contribution in [0, 0.1) is 3.57 Å². The minimum atomic E-state index is -0.0299. The average Bonchev–Trinajstić information content (AvgIpc) is 2.45. The Hall–Kier alpha value is -0.880. The summed E-state index contributed by atoms with van der Waals surface area (Å²) in [5.41, 5.74) is 0.706. The van der Waals surface area contributed by atoms with E-state index in [1.807, 2.05) is 24.3 Å². The number of ether oxygens (including phenoxy) is 1. The molecule has 114 valence electrons. The van der Waals surface area contributed by atoms with Gasteiger partial charge in [0.15, 0.2) is 0 Å². The average molecular weight is 396 g/mol. The fraction of sp³-hybridized carbons (Fsp3) is 0.471. The zero-order chi connectivity index (χ0) is 14.9. The Bertz CT molecular complexity index is 487. The first kappa shape index (κ1) is 16.5. The fourth-order valence-electron chi connectivity index (χ4n) is 2.41. The van der Waals surface area contributed by atoms with Gasteiger partial charge < -0.3 is 10.1 Å². The summed E-state index contributed by atoms with van der Waals surface area (Å²) in [6, 6.07) is 7.59. The quantitative estimate of drug-likeness (QED) is 0.466. The number of carbonyl (C=O) groups is 1. The molecule has 1 amide bonds. The van der Waals surface area contributed by atoms with Gasteiger partial charge in [-0.05, 0) is 72.9 Å². The lowest BCUT2D eigenvalue weighted by Gasteiger charge is -2.18. The Morgan fingerprint density at radius 1 is 1.29 bits per heavy atom. The van der Waals surface area contributed by atoms with Crippen LogP contribution in [0.5, 0.6) is 0 Å². The van der Waals surface area contributed by atoms with Crippen LogP contribution in [0.2, 0.25) is 0 Å². The second-order valence-corrected chi connectivity index (χ2v) is 6.48. The molecule has 0 aromatic heterocycles. The van der Waals surface area contributed by atoms with E-state index >= 15 is 0 Å². The first-order chi connectivity index (χ1) is 10.3. The number of allylic oxidation sites excluding steroid dienone is 2. The zero-order valence-electron chi connectivity index (χ0n) is 12.2. The molecule has 0 spiro atoms. The first-order valence-corrected chi connectivity index (χ1v) is 8.64. The number of benzene rings is 1. The van der Waals surface area contributed by atoms with Crippen LogP contribution >= 0.6 is 22.6 Å². The summed E-state index contributed by atoms with van der Waals surface area (Å²) >= 11 is 2.21. The summed E-state index contributed by atoms with van der Waals surface area (Å²) in [5, 5.41) is 2.91. The molecule has 1 aliphatic rings. The molecule has 0 fully saturated rings. The SMILES string of the molecule is O=C(NCCOC1CCC=CCCC1)c1cccc([124I])c1. The fourth-order valence-corrected chi connectivity index (χ4v) is 2.96. The number of carbonyl (C=O) groups excluding carboxylic acids is 1. The van der Waals surface area contributed by atoms with Gasteiger partial charge in [-0.25, -0.2) is 0 Å². The Morgan fingerprint density at radius 3 is 3.00 bits per heavy atom. The van der Waals surface area contributed by atoms with Crippen LogP contribution in [0.3, 0.4) is 0 Å². The standard InChI is InChI=1S/C17H22INO2/c18-15-8-6-7-14(13-15)17(20)19-11-12-21-16-9-4-2-1-3-5-10-16/h1-2,6-8,13,16H,3-5,9-12H2,(H,19,20)/i18-3. The Morgan fingerprint density at radius 2 is 2.14 bits per heavy atom. The zero-order valence-corrected chi connectivity index (χ0v) is 14.3. The van der Waals surface area contributed by atoms with Crippen LogP contribution < -0.4 is 5.32 Å². The highest BCUT2D eigenvalue weighted by Gasteiger charge is 2.10. The summed E-state index contributed by atoms with van der Waals surface area (Å²) in [6.45, 7) is 1.15. The van der Waals surface area contributed by atoms with E-state index < -0.39 is 0 Å². The largest absolute Gasteiger partial charge is 0.376 e. The van der Waals surface area contributed by atoms with Crippen molar-refractivity contribution in [3.63, 3.8) is 0 Å². The van der Waals surface area contributed by atoms with Crippen molar-refractivity contribution in [2.75, 3.05) is 13.2 Å². The van der Waals surface area contributed by atoms with Crippen molar-refractivity contribution in [1.29, 1.82) is 0 Å². The molecule has 3 nitrogen and oxygen atoms in total. The Kier molecular flexibility index (Phi) is 7.23. The lowest BCUT2D eigenvalue weighted by molar-refractivity contribution is 0.0416. The van der Waals surface area contributed by atoms with Crippen LogP contribution in [-0.4, -0.2) is 25.2 Å². The van der Waals surface area contributed by atoms with Crippen molar-refractivity contribution in [1.82, 2.24) is 5.32 Å².